The molecule has 7 rings (SSSR count). The smallest absolute Gasteiger partial charge is 0.217 e. The highest BCUT2D eigenvalue weighted by Gasteiger charge is 2.45. The molecule has 3 aromatic carbocycles. The first-order valence-corrected chi connectivity index (χ1v) is 17.0. The predicted octanol–water partition coefficient (Wildman–Crippen LogP) is 8.33. The molecule has 0 radical (unpaired) electrons. The molecule has 0 N–H and O–H groups in total. The number of rotatable bonds is 8. The molecule has 2 aromatic heterocycles. The summed E-state index contributed by atoms with van der Waals surface area (Å²) in [6.07, 6.45) is 7.03. The number of alkyl halides is 1. The predicted molar refractivity (Wildman–Crippen MR) is 183 cm³/mol. The van der Waals surface area contributed by atoms with E-state index in [-0.39, 0.29) is 10.9 Å². The standard InChI is InChI=1S/C19H17Cl2N3O3.C13H12BrCl2N3O/c1-13-9-25-19(27-13,10-24-12-22-11-23-24)17-7-6-16(8-18(17)21)26-15-4-2-14(20)3-5-15;14-9-4-13(20-5-9,6-19-8-17-7-18-19)11-2-1-10(15)3-12(11)16/h2-8,11-13H,9-10H2,1H3;1-3,7-9H,4-6H2. The molecule has 0 spiro atoms. The number of hydrogen-bond acceptors (Lipinski definition) is 8. The third kappa shape index (κ3) is 8.12. The fraction of sp³-hybridized carbons (Fsp3) is 0.312. The zero-order valence-electron chi connectivity index (χ0n) is 25.0. The first kappa shape index (κ1) is 34.1. The van der Waals surface area contributed by atoms with Gasteiger partial charge < -0.3 is 18.9 Å². The number of aromatic nitrogens is 6. The van der Waals surface area contributed by atoms with Crippen molar-refractivity contribution in [2.45, 2.75) is 48.8 Å². The molecule has 0 amide bonds. The molecule has 2 fully saturated rings. The molecule has 2 saturated heterocycles. The van der Waals surface area contributed by atoms with Crippen molar-refractivity contribution in [3.63, 3.8) is 0 Å². The van der Waals surface area contributed by atoms with Gasteiger partial charge in [0, 0.05) is 31.0 Å². The van der Waals surface area contributed by atoms with E-state index in [1.165, 1.54) is 12.7 Å². The summed E-state index contributed by atoms with van der Waals surface area (Å²) in [6.45, 7) is 3.96. The molecule has 0 saturated carbocycles. The van der Waals surface area contributed by atoms with Crippen molar-refractivity contribution in [3.05, 3.63) is 117 Å². The van der Waals surface area contributed by atoms with Gasteiger partial charge in [0.1, 0.15) is 49.0 Å². The van der Waals surface area contributed by atoms with Gasteiger partial charge in [0.2, 0.25) is 5.79 Å². The number of benzene rings is 3. The van der Waals surface area contributed by atoms with Gasteiger partial charge >= 0.3 is 0 Å². The molecule has 4 unspecified atom stereocenters. The summed E-state index contributed by atoms with van der Waals surface area (Å²) >= 11 is 28.4. The van der Waals surface area contributed by atoms with Gasteiger partial charge in [-0.05, 0) is 67.9 Å². The molecule has 2 aliphatic heterocycles. The van der Waals surface area contributed by atoms with E-state index in [1.807, 2.05) is 31.2 Å². The average molecular weight is 783 g/mol. The van der Waals surface area contributed by atoms with Gasteiger partial charge in [0.05, 0.1) is 30.9 Å². The molecule has 246 valence electrons. The van der Waals surface area contributed by atoms with Crippen LogP contribution in [0.15, 0.2) is 86.0 Å². The summed E-state index contributed by atoms with van der Waals surface area (Å²) in [5.74, 6) is 0.249. The second kappa shape index (κ2) is 14.8. The summed E-state index contributed by atoms with van der Waals surface area (Å²) in [7, 11) is 0. The number of nitrogens with zero attached hydrogens (tertiary/aromatic N) is 6. The van der Waals surface area contributed by atoms with Gasteiger partial charge in [0.25, 0.3) is 0 Å². The highest BCUT2D eigenvalue weighted by atomic mass is 79.9. The van der Waals surface area contributed by atoms with Crippen LogP contribution in [0.4, 0.5) is 0 Å². The van der Waals surface area contributed by atoms with Crippen LogP contribution in [0.3, 0.4) is 0 Å². The van der Waals surface area contributed by atoms with Crippen LogP contribution in [-0.2, 0) is 38.7 Å². The Bertz CT molecular complexity index is 1780. The van der Waals surface area contributed by atoms with Crippen LogP contribution >= 0.6 is 62.3 Å². The van der Waals surface area contributed by atoms with E-state index in [2.05, 4.69) is 36.1 Å². The summed E-state index contributed by atoms with van der Waals surface area (Å²) < 4.78 is 27.5. The van der Waals surface area contributed by atoms with Gasteiger partial charge in [-0.2, -0.15) is 10.2 Å². The number of ether oxygens (including phenoxy) is 4. The Morgan fingerprint density at radius 3 is 2.00 bits per heavy atom. The largest absolute Gasteiger partial charge is 0.457 e. The molecule has 4 heterocycles. The van der Waals surface area contributed by atoms with Gasteiger partial charge in [-0.1, -0.05) is 68.4 Å². The van der Waals surface area contributed by atoms with Gasteiger partial charge in [-0.3, -0.25) is 0 Å². The highest BCUT2D eigenvalue weighted by molar-refractivity contribution is 9.09. The fourth-order valence-electron chi connectivity index (χ4n) is 5.53. The Kier molecular flexibility index (Phi) is 10.7. The second-order valence-electron chi connectivity index (χ2n) is 11.1. The fourth-order valence-corrected chi connectivity index (χ4v) is 7.21. The van der Waals surface area contributed by atoms with Crippen molar-refractivity contribution in [1.82, 2.24) is 29.5 Å². The van der Waals surface area contributed by atoms with Crippen LogP contribution in [0.1, 0.15) is 24.5 Å². The summed E-state index contributed by atoms with van der Waals surface area (Å²) in [6, 6.07) is 18.0. The highest BCUT2D eigenvalue weighted by Crippen LogP contribution is 2.44. The minimum absolute atomic E-state index is 0.0606. The Hall–Kier alpha value is -2.74. The van der Waals surface area contributed by atoms with E-state index in [9.17, 15) is 0 Å². The molecule has 4 atom stereocenters. The summed E-state index contributed by atoms with van der Waals surface area (Å²) in [5.41, 5.74) is 1.14. The first-order valence-electron chi connectivity index (χ1n) is 14.6. The third-order valence-corrected chi connectivity index (χ3v) is 9.28. The van der Waals surface area contributed by atoms with Crippen LogP contribution in [0.5, 0.6) is 11.5 Å². The molecular formula is C32H29BrCl4N6O4. The molecule has 10 nitrogen and oxygen atoms in total. The van der Waals surface area contributed by atoms with E-state index in [4.69, 9.17) is 65.4 Å². The van der Waals surface area contributed by atoms with Crippen LogP contribution < -0.4 is 4.74 Å². The van der Waals surface area contributed by atoms with Gasteiger partial charge in [-0.15, -0.1) is 0 Å². The van der Waals surface area contributed by atoms with Crippen molar-refractivity contribution in [3.8, 4) is 11.5 Å². The quantitative estimate of drug-likeness (QED) is 0.145. The molecule has 0 bridgehead atoms. The van der Waals surface area contributed by atoms with E-state index in [0.717, 1.165) is 12.0 Å². The molecular weight excluding hydrogens is 754 g/mol. The van der Waals surface area contributed by atoms with E-state index in [0.29, 0.717) is 63.5 Å². The molecule has 5 aromatic rings. The Morgan fingerprint density at radius 2 is 1.43 bits per heavy atom. The molecule has 15 heteroatoms. The molecule has 47 heavy (non-hydrogen) atoms. The van der Waals surface area contributed by atoms with Crippen molar-refractivity contribution >= 4 is 62.3 Å². The maximum atomic E-state index is 6.57. The van der Waals surface area contributed by atoms with Crippen molar-refractivity contribution in [2.24, 2.45) is 0 Å². The zero-order chi connectivity index (χ0) is 33.0. The lowest BCUT2D eigenvalue weighted by Crippen LogP contribution is -2.34. The van der Waals surface area contributed by atoms with Gasteiger partial charge in [-0.25, -0.2) is 19.3 Å². The van der Waals surface area contributed by atoms with Crippen molar-refractivity contribution in [1.29, 1.82) is 0 Å². The lowest BCUT2D eigenvalue weighted by Gasteiger charge is -2.29. The maximum absolute atomic E-state index is 6.57. The lowest BCUT2D eigenvalue weighted by atomic mass is 9.90. The first-order chi connectivity index (χ1) is 22.6. The van der Waals surface area contributed by atoms with E-state index >= 15 is 0 Å². The van der Waals surface area contributed by atoms with Crippen LogP contribution in [-0.4, -0.2) is 53.7 Å². The maximum Gasteiger partial charge on any atom is 0.217 e. The zero-order valence-corrected chi connectivity index (χ0v) is 29.6. The Morgan fingerprint density at radius 1 is 0.787 bits per heavy atom. The topological polar surface area (TPSA) is 98.3 Å². The molecule has 2 aliphatic rings. The monoisotopic (exact) mass is 780 g/mol. The van der Waals surface area contributed by atoms with E-state index < -0.39 is 11.4 Å². The lowest BCUT2D eigenvalue weighted by molar-refractivity contribution is -0.186. The molecule has 0 aliphatic carbocycles. The number of halogens is 5. The SMILES string of the molecule is CC1COC(Cn2cncn2)(c2ccc(Oc3ccc(Cl)cc3)cc2Cl)O1.Clc1ccc(C2(Cn3cncn3)CC(Br)CO2)c(Cl)c1. The summed E-state index contributed by atoms with van der Waals surface area (Å²) in [5, 5.41) is 10.7. The Balaban J connectivity index is 0.000000172. The number of hydrogen-bond donors (Lipinski definition) is 0. The Labute approximate surface area is 299 Å². The normalized spacial score (nSPS) is 23.8. The van der Waals surface area contributed by atoms with Crippen molar-refractivity contribution in [2.75, 3.05) is 13.2 Å². The summed E-state index contributed by atoms with van der Waals surface area (Å²) in [4.78, 5) is 8.24. The van der Waals surface area contributed by atoms with E-state index in [1.54, 1.807) is 58.4 Å². The minimum Gasteiger partial charge on any atom is -0.457 e. The van der Waals surface area contributed by atoms with Crippen LogP contribution in [0.25, 0.3) is 0 Å². The van der Waals surface area contributed by atoms with Crippen molar-refractivity contribution < 1.29 is 18.9 Å². The van der Waals surface area contributed by atoms with Gasteiger partial charge in [0.15, 0.2) is 0 Å². The minimum atomic E-state index is -1.02. The average Bonchev–Trinajstić information content (AvgIpc) is 3.86. The van der Waals surface area contributed by atoms with Crippen LogP contribution in [0, 0.1) is 0 Å². The second-order valence-corrected chi connectivity index (χ2v) is 14.1. The van der Waals surface area contributed by atoms with Crippen LogP contribution in [0.2, 0.25) is 20.1 Å². The third-order valence-electron chi connectivity index (χ3n) is 7.58.